The number of hydrogen-bond acceptors (Lipinski definition) is 9. The average molecular weight is 587 g/mol. The Bertz CT molecular complexity index is 1450. The highest BCUT2D eigenvalue weighted by Crippen LogP contribution is 2.24. The number of unbranched alkanes of at least 4 members (excludes halogenated alkanes) is 1. The van der Waals surface area contributed by atoms with Crippen LogP contribution in [0.4, 0.5) is 24.1 Å². The van der Waals surface area contributed by atoms with Gasteiger partial charge >= 0.3 is 6.36 Å². The summed E-state index contributed by atoms with van der Waals surface area (Å²) < 4.78 is 41.1. The van der Waals surface area contributed by atoms with Crippen molar-refractivity contribution in [2.24, 2.45) is 0 Å². The zero-order chi connectivity index (χ0) is 29.2. The largest absolute Gasteiger partial charge is 0.573 e. The van der Waals surface area contributed by atoms with E-state index in [1.165, 1.54) is 23.5 Å². The number of halogens is 3. The number of alkyl halides is 3. The molecule has 0 aliphatic heterocycles. The molecule has 1 atom stereocenters. The van der Waals surface area contributed by atoms with Crippen LogP contribution >= 0.6 is 11.3 Å². The number of aromatic nitrogens is 4. The maximum absolute atomic E-state index is 12.4. The third kappa shape index (κ3) is 9.61. The van der Waals surface area contributed by atoms with E-state index >= 15 is 0 Å². The number of aliphatic hydroxyl groups is 1. The Morgan fingerprint density at radius 3 is 2.41 bits per heavy atom. The van der Waals surface area contributed by atoms with Crippen molar-refractivity contribution in [3.8, 4) is 5.75 Å². The summed E-state index contributed by atoms with van der Waals surface area (Å²) in [5, 5.41) is 32.5. The van der Waals surface area contributed by atoms with Crippen molar-refractivity contribution >= 4 is 34.1 Å². The molecule has 2 amide bonds. The predicted molar refractivity (Wildman–Crippen MR) is 144 cm³/mol. The molecule has 4 aromatic rings. The van der Waals surface area contributed by atoms with Crippen LogP contribution in [0.25, 0.3) is 0 Å². The lowest BCUT2D eigenvalue weighted by atomic mass is 10.1. The fourth-order valence-corrected chi connectivity index (χ4v) is 4.52. The monoisotopic (exact) mass is 586 g/mol. The second kappa shape index (κ2) is 13.8. The number of carbonyl (C=O) groups excluding carboxylic acids is 2. The molecule has 0 radical (unpaired) electrons. The zero-order valence-corrected chi connectivity index (χ0v) is 22.3. The molecule has 2 heterocycles. The zero-order valence-electron chi connectivity index (χ0n) is 21.5. The van der Waals surface area contributed by atoms with E-state index in [0.717, 1.165) is 35.7 Å². The Kier molecular flexibility index (Phi) is 9.92. The molecule has 0 aliphatic rings. The Morgan fingerprint density at radius 1 is 0.902 bits per heavy atom. The van der Waals surface area contributed by atoms with Crippen LogP contribution in [0.1, 0.15) is 40.8 Å². The molecule has 2 aromatic heterocycles. The quantitative estimate of drug-likeness (QED) is 0.204. The molecule has 14 heteroatoms. The van der Waals surface area contributed by atoms with Gasteiger partial charge in [-0.2, -0.15) is 5.10 Å². The van der Waals surface area contributed by atoms with Gasteiger partial charge in [0.05, 0.1) is 12.1 Å². The number of hydrogen-bond donors (Lipinski definition) is 3. The Morgan fingerprint density at radius 2 is 1.68 bits per heavy atom. The van der Waals surface area contributed by atoms with E-state index in [-0.39, 0.29) is 12.2 Å². The molecule has 0 unspecified atom stereocenters. The highest BCUT2D eigenvalue weighted by atomic mass is 32.1. The lowest BCUT2D eigenvalue weighted by Gasteiger charge is -2.10. The van der Waals surface area contributed by atoms with Gasteiger partial charge in [-0.05, 0) is 54.7 Å². The molecule has 41 heavy (non-hydrogen) atoms. The molecule has 0 saturated heterocycles. The summed E-state index contributed by atoms with van der Waals surface area (Å²) >= 11 is 1.24. The fraction of sp³-hybridized carbons (Fsp3) is 0.259. The first-order valence-corrected chi connectivity index (χ1v) is 13.3. The van der Waals surface area contributed by atoms with Gasteiger partial charge < -0.3 is 15.2 Å². The van der Waals surface area contributed by atoms with Crippen molar-refractivity contribution in [2.75, 3.05) is 10.6 Å². The van der Waals surface area contributed by atoms with Gasteiger partial charge in [0.25, 0.3) is 5.91 Å². The van der Waals surface area contributed by atoms with E-state index in [4.69, 9.17) is 0 Å². The van der Waals surface area contributed by atoms with Crippen LogP contribution < -0.4 is 15.4 Å². The van der Waals surface area contributed by atoms with E-state index in [1.807, 2.05) is 0 Å². The molecule has 0 bridgehead atoms. The Labute approximate surface area is 236 Å². The van der Waals surface area contributed by atoms with Crippen molar-refractivity contribution in [3.05, 3.63) is 88.6 Å². The Hall–Kier alpha value is -4.43. The van der Waals surface area contributed by atoms with Gasteiger partial charge in [0, 0.05) is 6.42 Å². The van der Waals surface area contributed by atoms with Crippen LogP contribution in [0.2, 0.25) is 0 Å². The van der Waals surface area contributed by atoms with E-state index in [9.17, 15) is 27.9 Å². The number of nitrogens with zero attached hydrogens (tertiary/aromatic N) is 4. The first-order chi connectivity index (χ1) is 19.6. The molecular formula is C27H25F3N6O4S. The minimum absolute atomic E-state index is 0.164. The molecule has 2 aromatic carbocycles. The second-order valence-corrected chi connectivity index (χ2v) is 9.90. The van der Waals surface area contributed by atoms with Gasteiger partial charge in [0.1, 0.15) is 10.8 Å². The summed E-state index contributed by atoms with van der Waals surface area (Å²) in [7, 11) is 0. The number of amides is 2. The standard InChI is InChI=1S/C27H25F3N6O4S/c28-27(29,30)40-20-11-6-7-17(15-20)16-22(37)31-21-14-13-19(33-34-21)10-4-5-12-23-35-36-26(41-23)32-25(39)24(38)18-8-2-1-3-9-18/h1-3,6-9,11,13-15,24,38H,4-5,10,12,16H2,(H,31,34,37)(H,32,36,39)/t24-/m0/s1. The number of ether oxygens (including phenoxy) is 1. The van der Waals surface area contributed by atoms with Crippen molar-refractivity contribution < 1.29 is 32.6 Å². The number of aryl methyl sites for hydroxylation is 2. The summed E-state index contributed by atoms with van der Waals surface area (Å²) in [4.78, 5) is 24.5. The second-order valence-electron chi connectivity index (χ2n) is 8.84. The fourth-order valence-electron chi connectivity index (χ4n) is 3.73. The van der Waals surface area contributed by atoms with E-state index in [1.54, 1.807) is 42.5 Å². The van der Waals surface area contributed by atoms with Gasteiger partial charge in [-0.1, -0.05) is 53.8 Å². The first kappa shape index (κ1) is 29.6. The lowest BCUT2D eigenvalue weighted by molar-refractivity contribution is -0.274. The summed E-state index contributed by atoms with van der Waals surface area (Å²) in [5.41, 5.74) is 1.56. The summed E-state index contributed by atoms with van der Waals surface area (Å²) in [6.07, 6.45) is -3.43. The predicted octanol–water partition coefficient (Wildman–Crippen LogP) is 4.65. The number of anilines is 2. The Balaban J connectivity index is 1.17. The lowest BCUT2D eigenvalue weighted by Crippen LogP contribution is -2.20. The highest BCUT2D eigenvalue weighted by molar-refractivity contribution is 7.15. The number of aliphatic hydroxyl groups excluding tert-OH is 1. The molecular weight excluding hydrogens is 561 g/mol. The summed E-state index contributed by atoms with van der Waals surface area (Å²) in [6.45, 7) is 0. The van der Waals surface area contributed by atoms with Crippen LogP contribution in [0.15, 0.2) is 66.7 Å². The first-order valence-electron chi connectivity index (χ1n) is 12.5. The van der Waals surface area contributed by atoms with Crippen molar-refractivity contribution in [1.29, 1.82) is 0 Å². The van der Waals surface area contributed by atoms with Crippen LogP contribution in [-0.2, 0) is 28.9 Å². The van der Waals surface area contributed by atoms with Gasteiger partial charge in [0.2, 0.25) is 11.0 Å². The molecule has 0 aliphatic carbocycles. The van der Waals surface area contributed by atoms with Crippen molar-refractivity contribution in [2.45, 2.75) is 44.6 Å². The van der Waals surface area contributed by atoms with Gasteiger partial charge in [-0.15, -0.1) is 28.5 Å². The molecule has 214 valence electrons. The molecule has 0 fully saturated rings. The topological polar surface area (TPSA) is 139 Å². The third-order valence-electron chi connectivity index (χ3n) is 5.62. The molecule has 0 spiro atoms. The highest BCUT2D eigenvalue weighted by Gasteiger charge is 2.31. The van der Waals surface area contributed by atoms with E-state index in [2.05, 4.69) is 35.8 Å². The minimum atomic E-state index is -4.81. The summed E-state index contributed by atoms with van der Waals surface area (Å²) in [5.74, 6) is -1.22. The average Bonchev–Trinajstić information content (AvgIpc) is 3.38. The molecule has 10 nitrogen and oxygen atoms in total. The third-order valence-corrected chi connectivity index (χ3v) is 6.52. The van der Waals surface area contributed by atoms with Crippen molar-refractivity contribution in [1.82, 2.24) is 20.4 Å². The molecule has 3 N–H and O–H groups in total. The van der Waals surface area contributed by atoms with Crippen LogP contribution in [0.3, 0.4) is 0 Å². The number of carbonyl (C=O) groups is 2. The molecule has 0 saturated carbocycles. The SMILES string of the molecule is O=C(Cc1cccc(OC(F)(F)F)c1)Nc1ccc(CCCCc2nnc(NC(=O)[C@@H](O)c3ccccc3)s2)nn1. The molecule has 4 rings (SSSR count). The minimum Gasteiger partial charge on any atom is -0.406 e. The summed E-state index contributed by atoms with van der Waals surface area (Å²) in [6, 6.07) is 17.1. The van der Waals surface area contributed by atoms with E-state index in [0.29, 0.717) is 29.1 Å². The normalized spacial score (nSPS) is 12.0. The van der Waals surface area contributed by atoms with Crippen LogP contribution in [0.5, 0.6) is 5.75 Å². The number of rotatable bonds is 12. The van der Waals surface area contributed by atoms with E-state index < -0.39 is 30.0 Å². The maximum atomic E-state index is 12.4. The maximum Gasteiger partial charge on any atom is 0.573 e. The van der Waals surface area contributed by atoms with Crippen LogP contribution in [0, 0.1) is 0 Å². The van der Waals surface area contributed by atoms with Gasteiger partial charge in [-0.3, -0.25) is 14.9 Å². The van der Waals surface area contributed by atoms with Crippen LogP contribution in [-0.4, -0.2) is 43.7 Å². The van der Waals surface area contributed by atoms with Gasteiger partial charge in [-0.25, -0.2) is 0 Å². The smallest absolute Gasteiger partial charge is 0.406 e. The number of benzene rings is 2. The number of nitrogens with one attached hydrogen (secondary N) is 2. The van der Waals surface area contributed by atoms with Gasteiger partial charge in [0.15, 0.2) is 11.9 Å². The van der Waals surface area contributed by atoms with Crippen molar-refractivity contribution in [3.63, 3.8) is 0 Å².